The zero-order chi connectivity index (χ0) is 30.4. The lowest BCUT2D eigenvalue weighted by Crippen LogP contribution is -2.39. The van der Waals surface area contributed by atoms with Gasteiger partial charge in [-0.25, -0.2) is 25.6 Å². The van der Waals surface area contributed by atoms with E-state index in [9.17, 15) is 30.4 Å². The van der Waals surface area contributed by atoms with Crippen LogP contribution in [0.3, 0.4) is 0 Å². The van der Waals surface area contributed by atoms with Gasteiger partial charge in [-0.1, -0.05) is 6.07 Å². The summed E-state index contributed by atoms with van der Waals surface area (Å²) in [5.41, 5.74) is 1.61. The number of rotatable bonds is 7. The van der Waals surface area contributed by atoms with Crippen LogP contribution >= 0.6 is 0 Å². The van der Waals surface area contributed by atoms with Gasteiger partial charge in [-0.05, 0) is 72.9 Å². The summed E-state index contributed by atoms with van der Waals surface area (Å²) in [6, 6.07) is 13.4. The van der Waals surface area contributed by atoms with Crippen LogP contribution in [-0.2, 0) is 20.0 Å². The lowest BCUT2D eigenvalue weighted by Gasteiger charge is -2.34. The molecule has 1 N–H and O–H groups in total. The van der Waals surface area contributed by atoms with Crippen molar-refractivity contribution in [3.63, 3.8) is 0 Å². The fourth-order valence-electron chi connectivity index (χ4n) is 5.27. The standard InChI is InChI=1S/C29H29F2N3O6S2/c1-32-29(35)27-24-15-23(19-6-5-13-34(17-19)42(38,39)22-8-4-7-21(31)14-22)25(33(2)41(3,36)37)16-26(24)40-28(27)18-9-11-20(30)12-10-18/h4,7-12,14-16,19H,5-6,13,17H2,1-3H3,(H,32,35)/t19-/m1/s1. The number of hydrogen-bond donors (Lipinski definition) is 1. The van der Waals surface area contributed by atoms with Gasteiger partial charge in [0.15, 0.2) is 0 Å². The number of nitrogens with one attached hydrogen (secondary N) is 1. The van der Waals surface area contributed by atoms with Crippen molar-refractivity contribution in [2.24, 2.45) is 0 Å². The molecular weight excluding hydrogens is 588 g/mol. The number of carbonyl (C=O) groups excluding carboxylic acids is 1. The highest BCUT2D eigenvalue weighted by atomic mass is 32.2. The third-order valence-corrected chi connectivity index (χ3v) is 10.5. The van der Waals surface area contributed by atoms with Gasteiger partial charge in [0.25, 0.3) is 5.91 Å². The van der Waals surface area contributed by atoms with Gasteiger partial charge < -0.3 is 9.73 Å². The zero-order valence-electron chi connectivity index (χ0n) is 23.1. The number of furan rings is 1. The normalized spacial score (nSPS) is 16.5. The number of sulfonamides is 2. The Kier molecular flexibility index (Phi) is 7.86. The number of anilines is 1. The van der Waals surface area contributed by atoms with Gasteiger partial charge in [-0.3, -0.25) is 9.10 Å². The molecule has 222 valence electrons. The first-order chi connectivity index (χ1) is 19.8. The van der Waals surface area contributed by atoms with E-state index in [2.05, 4.69) is 5.32 Å². The van der Waals surface area contributed by atoms with Crippen LogP contribution in [0.5, 0.6) is 0 Å². The number of carbonyl (C=O) groups is 1. The van der Waals surface area contributed by atoms with Gasteiger partial charge in [-0.2, -0.15) is 4.31 Å². The number of benzene rings is 3. The molecule has 0 aliphatic carbocycles. The third kappa shape index (κ3) is 5.51. The van der Waals surface area contributed by atoms with Crippen LogP contribution in [0.4, 0.5) is 14.5 Å². The quantitative estimate of drug-likeness (QED) is 0.321. The van der Waals surface area contributed by atoms with Gasteiger partial charge in [0.05, 0.1) is 22.4 Å². The van der Waals surface area contributed by atoms with Crippen LogP contribution in [0.1, 0.15) is 34.7 Å². The summed E-state index contributed by atoms with van der Waals surface area (Å²) < 4.78 is 88.2. The number of fused-ring (bicyclic) bond motifs is 1. The third-order valence-electron chi connectivity index (χ3n) is 7.49. The highest BCUT2D eigenvalue weighted by Gasteiger charge is 2.34. The van der Waals surface area contributed by atoms with Crippen LogP contribution in [0.2, 0.25) is 0 Å². The minimum absolute atomic E-state index is 0.00688. The largest absolute Gasteiger partial charge is 0.455 e. The maximum Gasteiger partial charge on any atom is 0.255 e. The van der Waals surface area contributed by atoms with E-state index in [4.69, 9.17) is 4.42 Å². The maximum atomic E-state index is 13.9. The average molecular weight is 618 g/mol. The molecule has 9 nitrogen and oxygen atoms in total. The van der Waals surface area contributed by atoms with E-state index in [0.717, 1.165) is 22.7 Å². The molecule has 1 amide bonds. The molecule has 0 radical (unpaired) electrons. The fraction of sp³-hybridized carbons (Fsp3) is 0.276. The van der Waals surface area contributed by atoms with Crippen molar-refractivity contribution < 1.29 is 34.8 Å². The van der Waals surface area contributed by atoms with Gasteiger partial charge in [-0.15, -0.1) is 0 Å². The van der Waals surface area contributed by atoms with Crippen molar-refractivity contribution in [1.82, 2.24) is 9.62 Å². The molecule has 3 aromatic carbocycles. The lowest BCUT2D eigenvalue weighted by atomic mass is 9.89. The molecular formula is C29H29F2N3O6S2. The predicted octanol–water partition coefficient (Wildman–Crippen LogP) is 4.70. The first-order valence-electron chi connectivity index (χ1n) is 13.1. The average Bonchev–Trinajstić information content (AvgIpc) is 3.34. The fourth-order valence-corrected chi connectivity index (χ4v) is 7.34. The monoisotopic (exact) mass is 617 g/mol. The first kappa shape index (κ1) is 29.7. The summed E-state index contributed by atoms with van der Waals surface area (Å²) in [4.78, 5) is 12.9. The Hall–Kier alpha value is -3.81. The van der Waals surface area contributed by atoms with Crippen molar-refractivity contribution in [2.75, 3.05) is 37.7 Å². The van der Waals surface area contributed by atoms with Crippen LogP contribution in [0, 0.1) is 11.6 Å². The summed E-state index contributed by atoms with van der Waals surface area (Å²) in [5, 5.41) is 2.98. The number of halogens is 2. The van der Waals surface area contributed by atoms with Crippen LogP contribution in [-0.4, -0.2) is 60.5 Å². The molecule has 42 heavy (non-hydrogen) atoms. The molecule has 1 aliphatic rings. The van der Waals surface area contributed by atoms with E-state index >= 15 is 0 Å². The highest BCUT2D eigenvalue weighted by Crippen LogP contribution is 2.42. The number of piperidine rings is 1. The lowest BCUT2D eigenvalue weighted by molar-refractivity contribution is 0.0964. The first-order valence-corrected chi connectivity index (χ1v) is 16.4. The Morgan fingerprint density at radius 2 is 1.74 bits per heavy atom. The maximum absolute atomic E-state index is 13.9. The molecule has 0 unspecified atom stereocenters. The molecule has 1 aromatic heterocycles. The van der Waals surface area contributed by atoms with E-state index in [0.29, 0.717) is 29.4 Å². The number of nitrogens with zero attached hydrogens (tertiary/aromatic N) is 2. The predicted molar refractivity (Wildman–Crippen MR) is 155 cm³/mol. The molecule has 1 saturated heterocycles. The van der Waals surface area contributed by atoms with E-state index in [1.54, 1.807) is 6.07 Å². The topological polar surface area (TPSA) is 117 Å². The molecule has 0 spiro atoms. The van der Waals surface area contributed by atoms with E-state index in [-0.39, 0.29) is 40.6 Å². The van der Waals surface area contributed by atoms with Crippen molar-refractivity contribution in [3.8, 4) is 11.3 Å². The van der Waals surface area contributed by atoms with Crippen LogP contribution in [0.25, 0.3) is 22.3 Å². The second-order valence-electron chi connectivity index (χ2n) is 10.2. The van der Waals surface area contributed by atoms with Crippen molar-refractivity contribution in [3.05, 3.63) is 83.4 Å². The van der Waals surface area contributed by atoms with Crippen LogP contribution in [0.15, 0.2) is 70.0 Å². The van der Waals surface area contributed by atoms with Crippen LogP contribution < -0.4 is 9.62 Å². The molecule has 13 heteroatoms. The number of hydrogen-bond acceptors (Lipinski definition) is 6. The Morgan fingerprint density at radius 3 is 2.38 bits per heavy atom. The molecule has 1 aliphatic heterocycles. The van der Waals surface area contributed by atoms with E-state index in [1.807, 2.05) is 0 Å². The summed E-state index contributed by atoms with van der Waals surface area (Å²) >= 11 is 0. The second kappa shape index (κ2) is 11.1. The summed E-state index contributed by atoms with van der Waals surface area (Å²) in [6.45, 7) is 0.214. The summed E-state index contributed by atoms with van der Waals surface area (Å²) in [7, 11) is -4.96. The molecule has 5 rings (SSSR count). The zero-order valence-corrected chi connectivity index (χ0v) is 24.7. The second-order valence-corrected chi connectivity index (χ2v) is 14.1. The molecule has 1 fully saturated rings. The van der Waals surface area contributed by atoms with Crippen molar-refractivity contribution in [2.45, 2.75) is 23.7 Å². The molecule has 1 atom stereocenters. The van der Waals surface area contributed by atoms with Gasteiger partial charge in [0, 0.05) is 44.2 Å². The Morgan fingerprint density at radius 1 is 1.02 bits per heavy atom. The van der Waals surface area contributed by atoms with Gasteiger partial charge in [0.1, 0.15) is 23.0 Å². The number of amides is 1. The Labute approximate surface area is 242 Å². The Balaban J connectivity index is 1.68. The molecule has 4 aromatic rings. The highest BCUT2D eigenvalue weighted by molar-refractivity contribution is 7.92. The summed E-state index contributed by atoms with van der Waals surface area (Å²) in [5.74, 6) is -1.90. The molecule has 0 bridgehead atoms. The summed E-state index contributed by atoms with van der Waals surface area (Å²) in [6.07, 6.45) is 2.04. The smallest absolute Gasteiger partial charge is 0.255 e. The Bertz CT molecular complexity index is 1890. The van der Waals surface area contributed by atoms with Crippen molar-refractivity contribution >= 4 is 42.6 Å². The minimum Gasteiger partial charge on any atom is -0.455 e. The van der Waals surface area contributed by atoms with E-state index < -0.39 is 43.5 Å². The van der Waals surface area contributed by atoms with Gasteiger partial charge in [0.2, 0.25) is 20.0 Å². The molecule has 0 saturated carbocycles. The van der Waals surface area contributed by atoms with Gasteiger partial charge >= 0.3 is 0 Å². The molecule has 2 heterocycles. The minimum atomic E-state index is -4.04. The van der Waals surface area contributed by atoms with Crippen molar-refractivity contribution in [1.29, 1.82) is 0 Å². The van der Waals surface area contributed by atoms with E-state index in [1.165, 1.54) is 60.9 Å². The SMILES string of the molecule is CNC(=O)c1c(-c2ccc(F)cc2)oc2cc(N(C)S(C)(=O)=O)c([C@@H]3CCCN(S(=O)(=O)c4cccc(F)c4)C3)cc12.